The van der Waals surface area contributed by atoms with Gasteiger partial charge >= 0.3 is 5.97 Å². The maximum absolute atomic E-state index is 11.4. The molecule has 1 N–H and O–H groups in total. The molecule has 0 aromatic rings. The van der Waals surface area contributed by atoms with Gasteiger partial charge in [-0.15, -0.1) is 0 Å². The summed E-state index contributed by atoms with van der Waals surface area (Å²) in [5, 5.41) is 8.71. The maximum atomic E-state index is 11.4. The lowest BCUT2D eigenvalue weighted by molar-refractivity contribution is -0.137. The number of sulfonamides is 1. The quantitative estimate of drug-likeness (QED) is 0.593. The summed E-state index contributed by atoms with van der Waals surface area (Å²) in [5.41, 5.74) is 0. The van der Waals surface area contributed by atoms with E-state index in [1.54, 1.807) is 0 Å². The van der Waals surface area contributed by atoms with E-state index in [-0.39, 0.29) is 0 Å². The molecule has 0 aromatic carbocycles. The molecule has 6 heteroatoms. The molecule has 0 fully saturated rings. The summed E-state index contributed by atoms with van der Waals surface area (Å²) < 4.78 is 23.9. The van der Waals surface area contributed by atoms with Crippen LogP contribution in [0.5, 0.6) is 0 Å². The molecule has 0 aliphatic heterocycles. The zero-order valence-electron chi connectivity index (χ0n) is 12.3. The zero-order chi connectivity index (χ0) is 14.9. The summed E-state index contributed by atoms with van der Waals surface area (Å²) in [7, 11) is -3.43. The molecule has 0 aliphatic rings. The summed E-state index contributed by atoms with van der Waals surface area (Å²) in [4.78, 5) is 10.6. The third kappa shape index (κ3) is 9.90. The Bertz CT molecular complexity index is 354. The molecule has 0 heterocycles. The summed E-state index contributed by atoms with van der Waals surface area (Å²) in [6.45, 7) is 4.11. The van der Waals surface area contributed by atoms with Crippen molar-refractivity contribution in [2.45, 2.75) is 52.4 Å². The molecule has 0 aromatic heterocycles. The first kappa shape index (κ1) is 18.4. The Labute approximate surface area is 117 Å². The molecular weight excluding hydrogens is 266 g/mol. The van der Waals surface area contributed by atoms with Crippen LogP contribution in [-0.2, 0) is 14.8 Å². The Hall–Kier alpha value is -0.620. The lowest BCUT2D eigenvalue weighted by Gasteiger charge is -2.20. The lowest BCUT2D eigenvalue weighted by atomic mass is 9.99. The number of nitrogens with zero attached hydrogens (tertiary/aromatic N) is 1. The number of hydrogen-bond acceptors (Lipinski definition) is 3. The van der Waals surface area contributed by atoms with Crippen LogP contribution in [0.1, 0.15) is 52.4 Å². The van der Waals surface area contributed by atoms with Gasteiger partial charge in [0.2, 0.25) is 10.0 Å². The van der Waals surface area contributed by atoms with Crippen molar-refractivity contribution < 1.29 is 18.3 Å². The van der Waals surface area contributed by atoms with E-state index in [1.165, 1.54) is 19.3 Å². The van der Waals surface area contributed by atoms with E-state index in [0.717, 1.165) is 23.4 Å². The van der Waals surface area contributed by atoms with E-state index >= 15 is 0 Å². The van der Waals surface area contributed by atoms with Crippen molar-refractivity contribution in [2.24, 2.45) is 5.92 Å². The fraction of sp³-hybridized carbons (Fsp3) is 0.923. The van der Waals surface area contributed by atoms with Gasteiger partial charge in [0.1, 0.15) is 6.54 Å². The second-order valence-corrected chi connectivity index (χ2v) is 7.22. The van der Waals surface area contributed by atoms with Crippen LogP contribution in [0.25, 0.3) is 0 Å². The summed E-state index contributed by atoms with van der Waals surface area (Å²) in [6, 6.07) is 0. The van der Waals surface area contributed by atoms with Crippen LogP contribution in [0, 0.1) is 5.92 Å². The van der Waals surface area contributed by atoms with Crippen molar-refractivity contribution in [1.29, 1.82) is 0 Å². The van der Waals surface area contributed by atoms with Gasteiger partial charge in [0, 0.05) is 6.54 Å². The maximum Gasteiger partial charge on any atom is 0.318 e. The first-order valence-electron chi connectivity index (χ1n) is 6.94. The second kappa shape index (κ2) is 9.31. The Kier molecular flexibility index (Phi) is 9.01. The smallest absolute Gasteiger partial charge is 0.318 e. The number of carbonyl (C=O) groups is 1. The van der Waals surface area contributed by atoms with E-state index in [2.05, 4.69) is 13.8 Å². The van der Waals surface area contributed by atoms with Crippen LogP contribution in [0.2, 0.25) is 0 Å². The highest BCUT2D eigenvalue weighted by atomic mass is 32.2. The highest BCUT2D eigenvalue weighted by molar-refractivity contribution is 7.88. The van der Waals surface area contributed by atoms with Gasteiger partial charge in [0.25, 0.3) is 0 Å². The number of carboxylic acid groups (broad SMARTS) is 1. The van der Waals surface area contributed by atoms with Crippen LogP contribution < -0.4 is 0 Å². The summed E-state index contributed by atoms with van der Waals surface area (Å²) >= 11 is 0. The predicted molar refractivity (Wildman–Crippen MR) is 76.6 cm³/mol. The topological polar surface area (TPSA) is 74.7 Å². The van der Waals surface area contributed by atoms with Gasteiger partial charge < -0.3 is 5.11 Å². The molecule has 0 saturated carbocycles. The van der Waals surface area contributed by atoms with Gasteiger partial charge in [-0.25, -0.2) is 8.42 Å². The number of unbranched alkanes of at least 4 members (excludes halogenated alkanes) is 3. The van der Waals surface area contributed by atoms with E-state index in [0.29, 0.717) is 18.9 Å². The standard InChI is InChI=1S/C13H27NO4S/c1-4-5-6-7-8-12(2)9-10-14(11-13(15)16)19(3,17)18/h12H,4-11H2,1-3H3,(H,15,16). The van der Waals surface area contributed by atoms with Crippen LogP contribution >= 0.6 is 0 Å². The van der Waals surface area contributed by atoms with Gasteiger partial charge in [-0.3, -0.25) is 4.79 Å². The van der Waals surface area contributed by atoms with E-state index < -0.39 is 22.5 Å². The molecule has 0 rings (SSSR count). The zero-order valence-corrected chi connectivity index (χ0v) is 13.1. The predicted octanol–water partition coefficient (Wildman–Crippen LogP) is 2.33. The lowest BCUT2D eigenvalue weighted by Crippen LogP contribution is -2.36. The molecule has 1 unspecified atom stereocenters. The first-order valence-corrected chi connectivity index (χ1v) is 8.79. The largest absolute Gasteiger partial charge is 0.480 e. The fourth-order valence-corrected chi connectivity index (χ4v) is 2.72. The van der Waals surface area contributed by atoms with Crippen molar-refractivity contribution in [2.75, 3.05) is 19.3 Å². The van der Waals surface area contributed by atoms with E-state index in [4.69, 9.17) is 5.11 Å². The normalized spacial score (nSPS) is 13.7. The Morgan fingerprint density at radius 3 is 2.32 bits per heavy atom. The Morgan fingerprint density at radius 2 is 1.84 bits per heavy atom. The minimum Gasteiger partial charge on any atom is -0.480 e. The molecule has 0 saturated heterocycles. The van der Waals surface area contributed by atoms with Crippen molar-refractivity contribution in [3.8, 4) is 0 Å². The summed E-state index contributed by atoms with van der Waals surface area (Å²) in [5.74, 6) is -0.684. The van der Waals surface area contributed by atoms with Crippen LogP contribution in [0.15, 0.2) is 0 Å². The molecule has 5 nitrogen and oxygen atoms in total. The van der Waals surface area contributed by atoms with E-state index in [1.807, 2.05) is 0 Å². The van der Waals surface area contributed by atoms with Crippen LogP contribution in [0.3, 0.4) is 0 Å². The molecule has 0 bridgehead atoms. The monoisotopic (exact) mass is 293 g/mol. The number of hydrogen-bond donors (Lipinski definition) is 1. The van der Waals surface area contributed by atoms with Gasteiger partial charge in [0.15, 0.2) is 0 Å². The third-order valence-corrected chi connectivity index (χ3v) is 4.45. The molecule has 114 valence electrons. The molecule has 0 radical (unpaired) electrons. The summed E-state index contributed by atoms with van der Waals surface area (Å²) in [6.07, 6.45) is 7.66. The average Bonchev–Trinajstić information content (AvgIpc) is 2.28. The number of rotatable bonds is 11. The van der Waals surface area contributed by atoms with Crippen LogP contribution in [-0.4, -0.2) is 43.1 Å². The van der Waals surface area contributed by atoms with Gasteiger partial charge in [-0.05, 0) is 12.3 Å². The van der Waals surface area contributed by atoms with Gasteiger partial charge in [0.05, 0.1) is 6.26 Å². The molecule has 0 amide bonds. The van der Waals surface area contributed by atoms with Crippen LogP contribution in [0.4, 0.5) is 0 Å². The Balaban J connectivity index is 4.07. The average molecular weight is 293 g/mol. The fourth-order valence-electron chi connectivity index (χ4n) is 1.94. The second-order valence-electron chi connectivity index (χ2n) is 5.23. The SMILES string of the molecule is CCCCCCC(C)CCN(CC(=O)O)S(C)(=O)=O. The highest BCUT2D eigenvalue weighted by Gasteiger charge is 2.20. The van der Waals surface area contributed by atoms with Crippen molar-refractivity contribution in [1.82, 2.24) is 4.31 Å². The molecule has 0 spiro atoms. The van der Waals surface area contributed by atoms with E-state index in [9.17, 15) is 13.2 Å². The molecular formula is C13H27NO4S. The number of aliphatic carboxylic acids is 1. The minimum atomic E-state index is -3.43. The highest BCUT2D eigenvalue weighted by Crippen LogP contribution is 2.15. The molecule has 1 atom stereocenters. The van der Waals surface area contributed by atoms with Gasteiger partial charge in [-0.1, -0.05) is 46.0 Å². The van der Waals surface area contributed by atoms with Crippen molar-refractivity contribution in [3.63, 3.8) is 0 Å². The first-order chi connectivity index (χ1) is 8.77. The minimum absolute atomic E-state index is 0.292. The van der Waals surface area contributed by atoms with Crippen molar-refractivity contribution in [3.05, 3.63) is 0 Å². The number of carboxylic acids is 1. The molecule has 19 heavy (non-hydrogen) atoms. The Morgan fingerprint density at radius 1 is 1.21 bits per heavy atom. The third-order valence-electron chi connectivity index (χ3n) is 3.20. The molecule has 0 aliphatic carbocycles. The van der Waals surface area contributed by atoms with Gasteiger partial charge in [-0.2, -0.15) is 4.31 Å². The van der Waals surface area contributed by atoms with Crippen molar-refractivity contribution >= 4 is 16.0 Å².